The molecule has 2 N–H and O–H groups in total. The van der Waals surface area contributed by atoms with Crippen molar-refractivity contribution in [3.8, 4) is 11.5 Å². The Hall–Kier alpha value is -4.39. The Morgan fingerprint density at radius 2 is 1.86 bits per heavy atom. The Morgan fingerprint density at radius 1 is 1.14 bits per heavy atom. The lowest BCUT2D eigenvalue weighted by molar-refractivity contribution is -0.384. The zero-order valence-electron chi connectivity index (χ0n) is 23.3. The Bertz CT molecular complexity index is 1690. The first-order valence-corrected chi connectivity index (χ1v) is 14.2. The fraction of sp³-hybridized carbons (Fsp3) is 0.267. The average Bonchev–Trinajstić information content (AvgIpc) is 3.36. The van der Waals surface area contributed by atoms with Gasteiger partial charge in [0, 0.05) is 29.1 Å². The molecule has 9 nitrogen and oxygen atoms in total. The van der Waals surface area contributed by atoms with Crippen molar-refractivity contribution >= 4 is 39.0 Å². The van der Waals surface area contributed by atoms with Gasteiger partial charge in [0.25, 0.3) is 11.6 Å². The van der Waals surface area contributed by atoms with Gasteiger partial charge in [0.05, 0.1) is 22.7 Å². The van der Waals surface area contributed by atoms with Crippen molar-refractivity contribution in [3.05, 3.63) is 104 Å². The molecule has 2 atom stereocenters. The number of nitro benzene ring substituents is 1. The van der Waals surface area contributed by atoms with Gasteiger partial charge in [-0.05, 0) is 47.7 Å². The molecule has 3 aromatic carbocycles. The molecule has 0 fully saturated rings. The van der Waals surface area contributed by atoms with Crippen LogP contribution in [0.4, 0.5) is 30.4 Å². The molecule has 5 rings (SSSR count). The molecule has 0 spiro atoms. The zero-order chi connectivity index (χ0) is 31.1. The first-order valence-electron chi connectivity index (χ1n) is 13.4. The van der Waals surface area contributed by atoms with Crippen LogP contribution >= 0.6 is 15.9 Å². The molecule has 0 bridgehead atoms. The molecule has 0 radical (unpaired) electrons. The summed E-state index contributed by atoms with van der Waals surface area (Å²) in [5, 5.41) is 21.2. The van der Waals surface area contributed by atoms with Crippen LogP contribution in [0.1, 0.15) is 65.4 Å². The number of aromatic nitrogens is 2. The molecule has 13 heteroatoms. The van der Waals surface area contributed by atoms with Gasteiger partial charge >= 0.3 is 6.18 Å². The molecule has 224 valence electrons. The van der Waals surface area contributed by atoms with E-state index in [1.807, 2.05) is 39.0 Å². The fourth-order valence-corrected chi connectivity index (χ4v) is 5.21. The highest BCUT2D eigenvalue weighted by molar-refractivity contribution is 9.10. The molecule has 4 aromatic rings. The molecule has 2 heterocycles. The second-order valence-electron chi connectivity index (χ2n) is 10.6. The SMILES string of the molecule is Cc1ccc(C(C)C)c(Oc2cc(NC(=O)c3cc4n(n3)[C@H](C(F)(F)F)C[C@@H](c3ccc(Br)cc3)N4)cc([N+](=O)[O-])c2)c1. The van der Waals surface area contributed by atoms with Crippen molar-refractivity contribution in [2.24, 2.45) is 0 Å². The number of ether oxygens (including phenoxy) is 1. The van der Waals surface area contributed by atoms with Crippen LogP contribution in [0.25, 0.3) is 0 Å². The highest BCUT2D eigenvalue weighted by Crippen LogP contribution is 2.44. The highest BCUT2D eigenvalue weighted by Gasteiger charge is 2.46. The maximum absolute atomic E-state index is 14.1. The van der Waals surface area contributed by atoms with Crippen molar-refractivity contribution in [3.63, 3.8) is 0 Å². The zero-order valence-corrected chi connectivity index (χ0v) is 24.9. The van der Waals surface area contributed by atoms with E-state index in [1.165, 1.54) is 18.2 Å². The second-order valence-corrected chi connectivity index (χ2v) is 11.5. The van der Waals surface area contributed by atoms with Crippen LogP contribution in [-0.4, -0.2) is 26.8 Å². The molecule has 43 heavy (non-hydrogen) atoms. The van der Waals surface area contributed by atoms with Gasteiger partial charge in [0.15, 0.2) is 11.7 Å². The number of anilines is 2. The van der Waals surface area contributed by atoms with Crippen LogP contribution in [-0.2, 0) is 0 Å². The minimum absolute atomic E-state index is 0.0204. The van der Waals surface area contributed by atoms with E-state index in [0.717, 1.165) is 26.3 Å². The van der Waals surface area contributed by atoms with E-state index in [-0.39, 0.29) is 41.0 Å². The number of carbonyl (C=O) groups excluding carboxylic acids is 1. The first-order chi connectivity index (χ1) is 20.3. The Labute approximate surface area is 253 Å². The summed E-state index contributed by atoms with van der Waals surface area (Å²) < 4.78 is 49.9. The van der Waals surface area contributed by atoms with E-state index in [4.69, 9.17) is 4.74 Å². The standard InChI is InChI=1S/C30H27BrF3N5O4/c1-16(2)23-9-4-17(3)10-26(23)43-22-12-20(11-21(13-22)39(41)42)35-29(40)25-15-28-36-24(18-5-7-19(31)8-6-18)14-27(30(32,33)34)38(28)37-25/h4-13,15-16,24,27,36H,14H2,1-3H3,(H,35,40)/t24-,27-/m0/s1. The quantitative estimate of drug-likeness (QED) is 0.152. The van der Waals surface area contributed by atoms with Crippen LogP contribution in [0.2, 0.25) is 0 Å². The normalized spacial score (nSPS) is 16.4. The summed E-state index contributed by atoms with van der Waals surface area (Å²) in [7, 11) is 0. The van der Waals surface area contributed by atoms with Gasteiger partial charge in [-0.1, -0.05) is 54.0 Å². The number of amides is 1. The van der Waals surface area contributed by atoms with Crippen LogP contribution in [0, 0.1) is 17.0 Å². The lowest BCUT2D eigenvalue weighted by Crippen LogP contribution is -2.35. The number of benzene rings is 3. The lowest BCUT2D eigenvalue weighted by Gasteiger charge is -2.33. The van der Waals surface area contributed by atoms with Crippen LogP contribution < -0.4 is 15.4 Å². The molecule has 1 aromatic heterocycles. The molecule has 0 saturated heterocycles. The monoisotopic (exact) mass is 657 g/mol. The molecule has 1 aliphatic rings. The molecule has 1 aliphatic heterocycles. The van der Waals surface area contributed by atoms with Crippen molar-refractivity contribution in [2.45, 2.75) is 51.4 Å². The number of hydrogen-bond acceptors (Lipinski definition) is 6. The summed E-state index contributed by atoms with van der Waals surface area (Å²) in [6.07, 6.45) is -4.95. The number of hydrogen-bond donors (Lipinski definition) is 2. The third kappa shape index (κ3) is 6.66. The Balaban J connectivity index is 1.44. The number of alkyl halides is 3. The van der Waals surface area contributed by atoms with Crippen molar-refractivity contribution in [2.75, 3.05) is 10.6 Å². The average molecular weight is 658 g/mol. The third-order valence-corrected chi connectivity index (χ3v) is 7.60. The number of nitrogens with zero attached hydrogens (tertiary/aromatic N) is 3. The fourth-order valence-electron chi connectivity index (χ4n) is 4.95. The van der Waals surface area contributed by atoms with E-state index in [0.29, 0.717) is 11.3 Å². The number of carbonyl (C=O) groups is 1. The number of rotatable bonds is 7. The molecule has 0 saturated carbocycles. The topological polar surface area (TPSA) is 111 Å². The number of nitro groups is 1. The Morgan fingerprint density at radius 3 is 2.51 bits per heavy atom. The molecular formula is C30H27BrF3N5O4. The predicted octanol–water partition coefficient (Wildman–Crippen LogP) is 8.69. The van der Waals surface area contributed by atoms with Crippen LogP contribution in [0.15, 0.2) is 71.2 Å². The summed E-state index contributed by atoms with van der Waals surface area (Å²) in [5.41, 5.74) is 1.85. The number of non-ortho nitro benzene ring substituents is 1. The van der Waals surface area contributed by atoms with Crippen LogP contribution in [0.5, 0.6) is 11.5 Å². The van der Waals surface area contributed by atoms with Crippen molar-refractivity contribution in [1.29, 1.82) is 0 Å². The van der Waals surface area contributed by atoms with Gasteiger partial charge in [-0.3, -0.25) is 14.9 Å². The maximum atomic E-state index is 14.1. The third-order valence-electron chi connectivity index (χ3n) is 7.07. The maximum Gasteiger partial charge on any atom is 0.410 e. The van der Waals surface area contributed by atoms with Crippen LogP contribution in [0.3, 0.4) is 0 Å². The van der Waals surface area contributed by atoms with Gasteiger partial charge in [-0.25, -0.2) is 4.68 Å². The number of aryl methyl sites for hydroxylation is 1. The minimum atomic E-state index is -4.62. The van der Waals surface area contributed by atoms with E-state index in [1.54, 1.807) is 24.3 Å². The van der Waals surface area contributed by atoms with Gasteiger partial charge < -0.3 is 15.4 Å². The number of nitrogens with one attached hydrogen (secondary N) is 2. The molecule has 0 unspecified atom stereocenters. The van der Waals surface area contributed by atoms with Crippen molar-refractivity contribution < 1.29 is 27.6 Å². The first kappa shape index (κ1) is 30.1. The molecule has 0 aliphatic carbocycles. The molecule has 1 amide bonds. The summed E-state index contributed by atoms with van der Waals surface area (Å²) in [5.74, 6) is -0.0839. The number of fused-ring (bicyclic) bond motifs is 1. The summed E-state index contributed by atoms with van der Waals surface area (Å²) >= 11 is 3.33. The summed E-state index contributed by atoms with van der Waals surface area (Å²) in [4.78, 5) is 24.3. The van der Waals surface area contributed by atoms with Crippen molar-refractivity contribution in [1.82, 2.24) is 9.78 Å². The highest BCUT2D eigenvalue weighted by atomic mass is 79.9. The van der Waals surface area contributed by atoms with Gasteiger partial charge in [-0.2, -0.15) is 18.3 Å². The summed E-state index contributed by atoms with van der Waals surface area (Å²) in [6, 6.07) is 15.0. The van der Waals surface area contributed by atoms with Gasteiger partial charge in [0.1, 0.15) is 17.3 Å². The smallest absolute Gasteiger partial charge is 0.410 e. The van der Waals surface area contributed by atoms with Gasteiger partial charge in [0.2, 0.25) is 0 Å². The van der Waals surface area contributed by atoms with Gasteiger partial charge in [-0.15, -0.1) is 0 Å². The largest absolute Gasteiger partial charge is 0.457 e. The Kier molecular flexibility index (Phi) is 8.19. The van der Waals surface area contributed by atoms with E-state index in [9.17, 15) is 28.1 Å². The van der Waals surface area contributed by atoms with E-state index < -0.39 is 29.1 Å². The lowest BCUT2D eigenvalue weighted by atomic mass is 9.97. The minimum Gasteiger partial charge on any atom is -0.457 e. The second kappa shape index (κ2) is 11.7. The predicted molar refractivity (Wildman–Crippen MR) is 159 cm³/mol. The van der Waals surface area contributed by atoms with E-state index in [2.05, 4.69) is 31.7 Å². The summed E-state index contributed by atoms with van der Waals surface area (Å²) in [6.45, 7) is 5.86. The van der Waals surface area contributed by atoms with E-state index >= 15 is 0 Å². The molecular weight excluding hydrogens is 631 g/mol. The number of halogens is 4.